The quantitative estimate of drug-likeness (QED) is 0.734. The number of amides is 1. The van der Waals surface area contributed by atoms with Gasteiger partial charge in [-0.3, -0.25) is 4.79 Å². The molecule has 1 amide bonds. The van der Waals surface area contributed by atoms with Gasteiger partial charge < -0.3 is 16.8 Å². The number of hydrogen-bond acceptors (Lipinski definition) is 3. The molecular weight excluding hydrogens is 245 g/mol. The molecule has 0 saturated heterocycles. The molecular formula is C14H20FN3O. The van der Waals surface area contributed by atoms with E-state index >= 15 is 0 Å². The largest absolute Gasteiger partial charge is 0.398 e. The van der Waals surface area contributed by atoms with Crippen LogP contribution in [0.25, 0.3) is 0 Å². The van der Waals surface area contributed by atoms with Gasteiger partial charge in [-0.2, -0.15) is 0 Å². The zero-order chi connectivity index (χ0) is 14.2. The number of rotatable bonds is 3. The van der Waals surface area contributed by atoms with Gasteiger partial charge in [0.2, 0.25) is 0 Å². The van der Waals surface area contributed by atoms with E-state index in [0.717, 1.165) is 25.3 Å². The van der Waals surface area contributed by atoms with Crippen molar-refractivity contribution in [2.24, 2.45) is 11.1 Å². The van der Waals surface area contributed by atoms with Crippen LogP contribution in [-0.2, 0) is 0 Å². The lowest BCUT2D eigenvalue weighted by Crippen LogP contribution is -2.20. The molecule has 1 atom stereocenters. The molecule has 2 rings (SSSR count). The molecule has 5 heteroatoms. The Bertz CT molecular complexity index is 514. The number of carbonyl (C=O) groups is 1. The minimum Gasteiger partial charge on any atom is -0.398 e. The minimum atomic E-state index is -0.646. The van der Waals surface area contributed by atoms with Crippen molar-refractivity contribution in [2.75, 3.05) is 11.1 Å². The average Bonchev–Trinajstić information content (AvgIpc) is 2.61. The Morgan fingerprint density at radius 2 is 2.16 bits per heavy atom. The van der Waals surface area contributed by atoms with Gasteiger partial charge in [0.25, 0.3) is 5.91 Å². The van der Waals surface area contributed by atoms with Crippen LogP contribution in [0.1, 0.15) is 43.5 Å². The summed E-state index contributed by atoms with van der Waals surface area (Å²) < 4.78 is 13.8. The van der Waals surface area contributed by atoms with Gasteiger partial charge in [-0.1, -0.05) is 13.8 Å². The molecule has 1 fully saturated rings. The number of nitrogens with one attached hydrogen (secondary N) is 1. The molecule has 0 aromatic heterocycles. The van der Waals surface area contributed by atoms with Crippen molar-refractivity contribution < 1.29 is 9.18 Å². The maximum Gasteiger partial charge on any atom is 0.250 e. The maximum atomic E-state index is 13.8. The third kappa shape index (κ3) is 2.97. The fraction of sp³-hybridized carbons (Fsp3) is 0.500. The van der Waals surface area contributed by atoms with Crippen LogP contribution in [0.5, 0.6) is 0 Å². The highest BCUT2D eigenvalue weighted by atomic mass is 19.1. The first kappa shape index (κ1) is 13.6. The summed E-state index contributed by atoms with van der Waals surface area (Å²) in [5.74, 6) is -1.10. The van der Waals surface area contributed by atoms with Crippen molar-refractivity contribution >= 4 is 17.3 Å². The lowest BCUT2D eigenvalue weighted by molar-refractivity contribution is 0.100. The predicted octanol–water partition coefficient (Wildman–Crippen LogP) is 2.50. The monoisotopic (exact) mass is 265 g/mol. The summed E-state index contributed by atoms with van der Waals surface area (Å²) >= 11 is 0. The molecule has 1 saturated carbocycles. The molecule has 1 aromatic rings. The summed E-state index contributed by atoms with van der Waals surface area (Å²) in [4.78, 5) is 11.2. The summed E-state index contributed by atoms with van der Waals surface area (Å²) in [7, 11) is 0. The molecule has 0 spiro atoms. The van der Waals surface area contributed by atoms with Crippen LogP contribution in [-0.4, -0.2) is 11.9 Å². The summed E-state index contributed by atoms with van der Waals surface area (Å²) in [6.07, 6.45) is 3.06. The Hall–Kier alpha value is -1.78. The third-order valence-electron chi connectivity index (χ3n) is 3.73. The topological polar surface area (TPSA) is 81.1 Å². The molecule has 1 aromatic carbocycles. The Morgan fingerprint density at radius 3 is 2.68 bits per heavy atom. The minimum absolute atomic E-state index is 0.0716. The van der Waals surface area contributed by atoms with E-state index in [4.69, 9.17) is 11.5 Å². The number of primary amides is 1. The molecule has 0 heterocycles. The standard InChI is InChI=1S/C14H20FN3O/c1-14(2)4-3-8(7-14)18-12-5-9(13(17)19)11(16)6-10(12)15/h5-6,8,18H,3-4,7,16H2,1-2H3,(H2,17,19). The molecule has 1 aliphatic rings. The second-order valence-electron chi connectivity index (χ2n) is 6.03. The lowest BCUT2D eigenvalue weighted by atomic mass is 9.92. The second-order valence-corrected chi connectivity index (χ2v) is 6.03. The number of carbonyl (C=O) groups excluding carboxylic acids is 1. The van der Waals surface area contributed by atoms with E-state index in [1.54, 1.807) is 0 Å². The van der Waals surface area contributed by atoms with Crippen LogP contribution in [0.15, 0.2) is 12.1 Å². The molecule has 5 N–H and O–H groups in total. The van der Waals surface area contributed by atoms with Crippen LogP contribution in [0.4, 0.5) is 15.8 Å². The zero-order valence-corrected chi connectivity index (χ0v) is 11.3. The van der Waals surface area contributed by atoms with Crippen molar-refractivity contribution in [3.05, 3.63) is 23.5 Å². The van der Waals surface area contributed by atoms with Gasteiger partial charge in [-0.25, -0.2) is 4.39 Å². The second kappa shape index (κ2) is 4.72. The third-order valence-corrected chi connectivity index (χ3v) is 3.73. The SMILES string of the molecule is CC1(C)CCC(Nc2cc(C(N)=O)c(N)cc2F)C1. The highest BCUT2D eigenvalue weighted by Gasteiger charge is 2.31. The fourth-order valence-electron chi connectivity index (χ4n) is 2.69. The summed E-state index contributed by atoms with van der Waals surface area (Å²) in [6.45, 7) is 4.39. The Labute approximate surface area is 112 Å². The number of anilines is 2. The number of benzene rings is 1. The van der Waals surface area contributed by atoms with Crippen LogP contribution in [0.3, 0.4) is 0 Å². The smallest absolute Gasteiger partial charge is 0.250 e. The van der Waals surface area contributed by atoms with E-state index in [2.05, 4.69) is 19.2 Å². The Morgan fingerprint density at radius 1 is 1.47 bits per heavy atom. The van der Waals surface area contributed by atoms with Crippen molar-refractivity contribution in [2.45, 2.75) is 39.2 Å². The molecule has 0 aliphatic heterocycles. The van der Waals surface area contributed by atoms with E-state index < -0.39 is 11.7 Å². The van der Waals surface area contributed by atoms with E-state index in [9.17, 15) is 9.18 Å². The lowest BCUT2D eigenvalue weighted by Gasteiger charge is -2.19. The molecule has 4 nitrogen and oxygen atoms in total. The van der Waals surface area contributed by atoms with Crippen molar-refractivity contribution in [3.63, 3.8) is 0 Å². The zero-order valence-electron chi connectivity index (χ0n) is 11.3. The first-order valence-corrected chi connectivity index (χ1v) is 6.44. The molecule has 104 valence electrons. The highest BCUT2D eigenvalue weighted by molar-refractivity contribution is 5.99. The first-order valence-electron chi connectivity index (χ1n) is 6.44. The van der Waals surface area contributed by atoms with Crippen LogP contribution < -0.4 is 16.8 Å². The maximum absolute atomic E-state index is 13.8. The average molecular weight is 265 g/mol. The van der Waals surface area contributed by atoms with Gasteiger partial charge in [-0.15, -0.1) is 0 Å². The molecule has 0 radical (unpaired) electrons. The Kier molecular flexibility index (Phi) is 3.39. The van der Waals surface area contributed by atoms with E-state index in [0.29, 0.717) is 5.69 Å². The van der Waals surface area contributed by atoms with E-state index in [1.807, 2.05) is 0 Å². The van der Waals surface area contributed by atoms with Crippen molar-refractivity contribution in [3.8, 4) is 0 Å². The molecule has 0 bridgehead atoms. The van der Waals surface area contributed by atoms with Crippen molar-refractivity contribution in [1.82, 2.24) is 0 Å². The summed E-state index contributed by atoms with van der Waals surface area (Å²) in [5, 5.41) is 3.15. The molecule has 1 unspecified atom stereocenters. The van der Waals surface area contributed by atoms with Gasteiger partial charge >= 0.3 is 0 Å². The number of halogens is 1. The van der Waals surface area contributed by atoms with Gasteiger partial charge in [0.15, 0.2) is 0 Å². The predicted molar refractivity (Wildman–Crippen MR) is 74.4 cm³/mol. The fourth-order valence-corrected chi connectivity index (χ4v) is 2.69. The number of nitrogens with two attached hydrogens (primary N) is 2. The van der Waals surface area contributed by atoms with Crippen LogP contribution >= 0.6 is 0 Å². The Balaban J connectivity index is 2.21. The highest BCUT2D eigenvalue weighted by Crippen LogP contribution is 2.38. The normalized spacial score (nSPS) is 21.3. The van der Waals surface area contributed by atoms with Crippen LogP contribution in [0, 0.1) is 11.2 Å². The first-order chi connectivity index (χ1) is 8.78. The van der Waals surface area contributed by atoms with Crippen LogP contribution in [0.2, 0.25) is 0 Å². The van der Waals surface area contributed by atoms with E-state index in [-0.39, 0.29) is 22.7 Å². The van der Waals surface area contributed by atoms with E-state index in [1.165, 1.54) is 6.07 Å². The van der Waals surface area contributed by atoms with Gasteiger partial charge in [0.05, 0.1) is 11.3 Å². The van der Waals surface area contributed by atoms with Gasteiger partial charge in [0, 0.05) is 11.7 Å². The number of nitrogen functional groups attached to an aromatic ring is 1. The molecule has 19 heavy (non-hydrogen) atoms. The van der Waals surface area contributed by atoms with Gasteiger partial charge in [0.1, 0.15) is 5.82 Å². The van der Waals surface area contributed by atoms with Gasteiger partial charge in [-0.05, 0) is 36.8 Å². The molecule has 1 aliphatic carbocycles. The summed E-state index contributed by atoms with van der Waals surface area (Å²) in [6, 6.07) is 2.76. The summed E-state index contributed by atoms with van der Waals surface area (Å²) in [5.41, 5.74) is 11.6. The van der Waals surface area contributed by atoms with Crippen molar-refractivity contribution in [1.29, 1.82) is 0 Å². The number of hydrogen-bond donors (Lipinski definition) is 3.